The van der Waals surface area contributed by atoms with E-state index in [1.54, 1.807) is 11.3 Å². The molecule has 0 aliphatic rings. The van der Waals surface area contributed by atoms with Crippen molar-refractivity contribution in [1.29, 1.82) is 0 Å². The maximum absolute atomic E-state index is 6.21. The summed E-state index contributed by atoms with van der Waals surface area (Å²) in [6.45, 7) is 4.27. The first-order valence-corrected chi connectivity index (χ1v) is 5.87. The highest BCUT2D eigenvalue weighted by Gasteiger charge is 2.11. The lowest BCUT2D eigenvalue weighted by Gasteiger charge is -2.09. The van der Waals surface area contributed by atoms with E-state index in [2.05, 4.69) is 32.0 Å². The Morgan fingerprint density at radius 3 is 2.33 bits per heavy atom. The summed E-state index contributed by atoms with van der Waals surface area (Å²) in [4.78, 5) is 2.60. The highest BCUT2D eigenvalue weighted by atomic mass is 32.1. The molecule has 0 amide bonds. The SMILES string of the molecule is Cc1cc(C(N)c2ccccc2)sc1C. The summed E-state index contributed by atoms with van der Waals surface area (Å²) < 4.78 is 0. The molecule has 0 spiro atoms. The van der Waals surface area contributed by atoms with Crippen molar-refractivity contribution < 1.29 is 0 Å². The first-order valence-electron chi connectivity index (χ1n) is 5.06. The molecule has 0 radical (unpaired) electrons. The maximum atomic E-state index is 6.21. The molecule has 1 atom stereocenters. The van der Waals surface area contributed by atoms with Gasteiger partial charge in [-0.15, -0.1) is 11.3 Å². The van der Waals surface area contributed by atoms with Crippen LogP contribution in [0.25, 0.3) is 0 Å². The Morgan fingerprint density at radius 1 is 1.13 bits per heavy atom. The third-order valence-corrected chi connectivity index (χ3v) is 3.89. The van der Waals surface area contributed by atoms with Gasteiger partial charge in [-0.2, -0.15) is 0 Å². The van der Waals surface area contributed by atoms with Gasteiger partial charge in [0.15, 0.2) is 0 Å². The molecule has 0 saturated heterocycles. The van der Waals surface area contributed by atoms with Gasteiger partial charge in [-0.1, -0.05) is 30.3 Å². The van der Waals surface area contributed by atoms with E-state index in [-0.39, 0.29) is 6.04 Å². The molecule has 78 valence electrons. The fourth-order valence-electron chi connectivity index (χ4n) is 1.58. The van der Waals surface area contributed by atoms with E-state index in [1.165, 1.54) is 20.9 Å². The summed E-state index contributed by atoms with van der Waals surface area (Å²) in [5.41, 5.74) is 8.72. The smallest absolute Gasteiger partial charge is 0.0646 e. The molecule has 0 bridgehead atoms. The molecule has 0 aliphatic heterocycles. The molecule has 1 aromatic heterocycles. The van der Waals surface area contributed by atoms with Crippen molar-refractivity contribution in [1.82, 2.24) is 0 Å². The first kappa shape index (κ1) is 10.4. The van der Waals surface area contributed by atoms with Crippen LogP contribution < -0.4 is 5.73 Å². The second-order valence-electron chi connectivity index (χ2n) is 3.78. The van der Waals surface area contributed by atoms with E-state index >= 15 is 0 Å². The molecule has 0 fully saturated rings. The minimum atomic E-state index is 0.0172. The molecule has 2 heteroatoms. The number of hydrogen-bond donors (Lipinski definition) is 1. The average molecular weight is 217 g/mol. The van der Waals surface area contributed by atoms with Gasteiger partial charge < -0.3 is 5.73 Å². The Morgan fingerprint density at radius 2 is 1.80 bits per heavy atom. The van der Waals surface area contributed by atoms with Gasteiger partial charge in [0.1, 0.15) is 0 Å². The van der Waals surface area contributed by atoms with Gasteiger partial charge in [0, 0.05) is 9.75 Å². The van der Waals surface area contributed by atoms with Gasteiger partial charge in [-0.05, 0) is 31.0 Å². The maximum Gasteiger partial charge on any atom is 0.0646 e. The summed E-state index contributed by atoms with van der Waals surface area (Å²) in [5.74, 6) is 0. The number of rotatable bonds is 2. The minimum absolute atomic E-state index is 0.0172. The number of hydrogen-bond acceptors (Lipinski definition) is 2. The van der Waals surface area contributed by atoms with Gasteiger partial charge in [-0.25, -0.2) is 0 Å². The Hall–Kier alpha value is -1.12. The minimum Gasteiger partial charge on any atom is -0.320 e. The van der Waals surface area contributed by atoms with Crippen LogP contribution >= 0.6 is 11.3 Å². The quantitative estimate of drug-likeness (QED) is 0.819. The van der Waals surface area contributed by atoms with E-state index in [0.29, 0.717) is 0 Å². The predicted octanol–water partition coefficient (Wildman–Crippen LogP) is 3.41. The fraction of sp³-hybridized carbons (Fsp3) is 0.231. The third-order valence-electron chi connectivity index (χ3n) is 2.65. The summed E-state index contributed by atoms with van der Waals surface area (Å²) >= 11 is 1.79. The van der Waals surface area contributed by atoms with Crippen molar-refractivity contribution in [3.8, 4) is 0 Å². The van der Waals surface area contributed by atoms with Gasteiger partial charge in [0.2, 0.25) is 0 Å². The lowest BCUT2D eigenvalue weighted by Crippen LogP contribution is -2.09. The highest BCUT2D eigenvalue weighted by Crippen LogP contribution is 2.28. The van der Waals surface area contributed by atoms with Crippen LogP contribution in [0.4, 0.5) is 0 Å². The molecule has 2 aromatic rings. The number of nitrogens with two attached hydrogens (primary N) is 1. The summed E-state index contributed by atoms with van der Waals surface area (Å²) in [6.07, 6.45) is 0. The molecule has 2 rings (SSSR count). The van der Waals surface area contributed by atoms with Crippen molar-refractivity contribution in [3.05, 3.63) is 57.3 Å². The second kappa shape index (κ2) is 4.17. The van der Waals surface area contributed by atoms with Crippen molar-refractivity contribution in [2.24, 2.45) is 5.73 Å². The zero-order valence-electron chi connectivity index (χ0n) is 9.03. The van der Waals surface area contributed by atoms with Crippen LogP contribution in [0.15, 0.2) is 36.4 Å². The van der Waals surface area contributed by atoms with Crippen molar-refractivity contribution >= 4 is 11.3 Å². The van der Waals surface area contributed by atoms with Crippen LogP contribution in [0.1, 0.15) is 26.9 Å². The number of thiophene rings is 1. The third kappa shape index (κ3) is 2.11. The largest absolute Gasteiger partial charge is 0.320 e. The Bertz CT molecular complexity index is 425. The molecule has 2 N–H and O–H groups in total. The van der Waals surface area contributed by atoms with E-state index in [4.69, 9.17) is 5.73 Å². The Labute approximate surface area is 94.6 Å². The van der Waals surface area contributed by atoms with Gasteiger partial charge in [0.05, 0.1) is 6.04 Å². The topological polar surface area (TPSA) is 26.0 Å². The van der Waals surface area contributed by atoms with E-state index < -0.39 is 0 Å². The van der Waals surface area contributed by atoms with Gasteiger partial charge in [-0.3, -0.25) is 0 Å². The van der Waals surface area contributed by atoms with Gasteiger partial charge in [0.25, 0.3) is 0 Å². The van der Waals surface area contributed by atoms with Crippen LogP contribution in [-0.4, -0.2) is 0 Å². The van der Waals surface area contributed by atoms with Crippen molar-refractivity contribution in [2.75, 3.05) is 0 Å². The molecular weight excluding hydrogens is 202 g/mol. The van der Waals surface area contributed by atoms with Gasteiger partial charge >= 0.3 is 0 Å². The van der Waals surface area contributed by atoms with E-state index in [9.17, 15) is 0 Å². The van der Waals surface area contributed by atoms with Crippen LogP contribution in [0, 0.1) is 13.8 Å². The molecule has 1 aromatic carbocycles. The lowest BCUT2D eigenvalue weighted by molar-refractivity contribution is 0.893. The summed E-state index contributed by atoms with van der Waals surface area (Å²) in [6, 6.07) is 12.4. The highest BCUT2D eigenvalue weighted by molar-refractivity contribution is 7.12. The monoisotopic (exact) mass is 217 g/mol. The molecule has 1 heterocycles. The summed E-state index contributed by atoms with van der Waals surface area (Å²) in [7, 11) is 0. The van der Waals surface area contributed by atoms with E-state index in [1.807, 2.05) is 18.2 Å². The first-order chi connectivity index (χ1) is 7.18. The number of aryl methyl sites for hydroxylation is 2. The molecule has 0 saturated carbocycles. The van der Waals surface area contributed by atoms with Crippen molar-refractivity contribution in [3.63, 3.8) is 0 Å². The summed E-state index contributed by atoms with van der Waals surface area (Å²) in [5, 5.41) is 0. The molecular formula is C13H15NS. The zero-order chi connectivity index (χ0) is 10.8. The Balaban J connectivity index is 2.32. The molecule has 1 unspecified atom stereocenters. The lowest BCUT2D eigenvalue weighted by atomic mass is 10.1. The van der Waals surface area contributed by atoms with Crippen LogP contribution in [-0.2, 0) is 0 Å². The standard InChI is InChI=1S/C13H15NS/c1-9-8-12(15-10(9)2)13(14)11-6-4-3-5-7-11/h3-8,13H,14H2,1-2H3. The second-order valence-corrected chi connectivity index (χ2v) is 5.06. The van der Waals surface area contributed by atoms with Crippen LogP contribution in [0.2, 0.25) is 0 Å². The fourth-order valence-corrected chi connectivity index (χ4v) is 2.65. The molecule has 1 nitrogen and oxygen atoms in total. The zero-order valence-corrected chi connectivity index (χ0v) is 9.84. The predicted molar refractivity (Wildman–Crippen MR) is 66.3 cm³/mol. The normalized spacial score (nSPS) is 12.7. The van der Waals surface area contributed by atoms with Crippen molar-refractivity contribution in [2.45, 2.75) is 19.9 Å². The number of benzene rings is 1. The van der Waals surface area contributed by atoms with Crippen LogP contribution in [0.5, 0.6) is 0 Å². The van der Waals surface area contributed by atoms with Crippen LogP contribution in [0.3, 0.4) is 0 Å². The molecule has 0 aliphatic carbocycles. The van der Waals surface area contributed by atoms with E-state index in [0.717, 1.165) is 0 Å². The average Bonchev–Trinajstić information content (AvgIpc) is 2.59. The Kier molecular flexibility index (Phi) is 2.89. The molecule has 15 heavy (non-hydrogen) atoms.